The van der Waals surface area contributed by atoms with Crippen LogP contribution in [0.25, 0.3) is 0 Å². The largest absolute Gasteiger partial charge is 0.457 e. The van der Waals surface area contributed by atoms with Gasteiger partial charge < -0.3 is 19.9 Å². The van der Waals surface area contributed by atoms with Crippen LogP contribution in [0.2, 0.25) is 0 Å². The van der Waals surface area contributed by atoms with Crippen LogP contribution >= 0.6 is 0 Å². The monoisotopic (exact) mass is 507 g/mol. The van der Waals surface area contributed by atoms with E-state index in [2.05, 4.69) is 19.2 Å². The molecule has 0 aromatic heterocycles. The summed E-state index contributed by atoms with van der Waals surface area (Å²) in [6.07, 6.45) is 6.72. The number of fused-ring (bicyclic) bond motifs is 2. The highest BCUT2D eigenvalue weighted by atomic mass is 16.6. The minimum Gasteiger partial charge on any atom is -0.457 e. The van der Waals surface area contributed by atoms with Gasteiger partial charge in [-0.2, -0.15) is 0 Å². The first-order chi connectivity index (χ1) is 17.4. The maximum atomic E-state index is 14.3. The Morgan fingerprint density at radius 1 is 1.16 bits per heavy atom. The van der Waals surface area contributed by atoms with Crippen LogP contribution in [0.4, 0.5) is 0 Å². The van der Waals surface area contributed by atoms with Gasteiger partial charge in [-0.25, -0.2) is 0 Å². The maximum absolute atomic E-state index is 14.3. The van der Waals surface area contributed by atoms with Gasteiger partial charge in [0.2, 0.25) is 5.91 Å². The Labute approximate surface area is 218 Å². The van der Waals surface area contributed by atoms with Crippen LogP contribution in [0.15, 0.2) is 54.6 Å². The number of Topliss-reactive ketones (excluding diaryl/α,β-unsaturated/α-hetero) is 1. The Hall–Kier alpha value is -2.77. The van der Waals surface area contributed by atoms with E-state index in [1.165, 1.54) is 19.9 Å². The first-order valence-electron chi connectivity index (χ1n) is 13.3. The van der Waals surface area contributed by atoms with Crippen molar-refractivity contribution in [2.45, 2.75) is 76.9 Å². The predicted octanol–water partition coefficient (Wildman–Crippen LogP) is 3.16. The zero-order chi connectivity index (χ0) is 26.8. The molecular formula is C30H37NO6. The van der Waals surface area contributed by atoms with Gasteiger partial charge in [-0.3, -0.25) is 14.4 Å². The van der Waals surface area contributed by atoms with Gasteiger partial charge in [0.05, 0.1) is 11.7 Å². The number of ketones is 1. The molecule has 7 nitrogen and oxygen atoms in total. The number of hydrogen-bond acceptors (Lipinski definition) is 6. The molecule has 7 heteroatoms. The summed E-state index contributed by atoms with van der Waals surface area (Å²) in [5.74, 6) is -2.10. The third-order valence-electron chi connectivity index (χ3n) is 9.34. The van der Waals surface area contributed by atoms with Gasteiger partial charge in [0.1, 0.15) is 17.1 Å². The standard InChI is InChI=1S/C30H37NO6/c1-17-10-9-13-21-26-29(5,37-26)18(2)24-22(16-20-11-7-6-8-12-20)31-27(34)30(21,24)23(36-19(3)32)14-15-28(4,35)25(17)33/h6-9,11-15,17-18,21-24,26,35H,10,16H2,1-5H3,(H,31,34)/b13-9+,15-14+/t17-,18-,21-,22-,23+,24+,26-,28+,29+,30+/m0/s1. The van der Waals surface area contributed by atoms with Crippen molar-refractivity contribution in [3.8, 4) is 0 Å². The van der Waals surface area contributed by atoms with Crippen LogP contribution < -0.4 is 5.32 Å². The predicted molar refractivity (Wildman–Crippen MR) is 137 cm³/mol. The lowest BCUT2D eigenvalue weighted by atomic mass is 9.51. The lowest BCUT2D eigenvalue weighted by Crippen LogP contribution is -2.60. The number of allylic oxidation sites excluding steroid dienone is 1. The van der Waals surface area contributed by atoms with E-state index in [9.17, 15) is 19.5 Å². The maximum Gasteiger partial charge on any atom is 0.303 e. The van der Waals surface area contributed by atoms with E-state index in [0.29, 0.717) is 12.8 Å². The van der Waals surface area contributed by atoms with Gasteiger partial charge in [0, 0.05) is 30.7 Å². The van der Waals surface area contributed by atoms with Crippen LogP contribution in [0.1, 0.15) is 46.6 Å². The molecule has 1 saturated carbocycles. The van der Waals surface area contributed by atoms with Crippen molar-refractivity contribution >= 4 is 17.7 Å². The molecule has 2 heterocycles. The molecule has 2 aliphatic heterocycles. The molecule has 2 N–H and O–H groups in total. The summed E-state index contributed by atoms with van der Waals surface area (Å²) >= 11 is 0. The molecule has 1 amide bonds. The topological polar surface area (TPSA) is 105 Å². The van der Waals surface area contributed by atoms with Gasteiger partial charge in [-0.15, -0.1) is 0 Å². The third-order valence-corrected chi connectivity index (χ3v) is 9.34. The van der Waals surface area contributed by atoms with E-state index in [0.717, 1.165) is 5.56 Å². The SMILES string of the molecule is CC(=O)O[C@@H]1/C=C/[C@@](C)(O)C(=O)[C@@H](C)C/C=C/[C@H]2[C@@H]3O[C@]3(C)[C@@H](C)[C@@H]3[C@H](Cc4ccccc4)NC(=O)[C@@]312. The molecule has 5 rings (SSSR count). The molecule has 1 aromatic carbocycles. The summed E-state index contributed by atoms with van der Waals surface area (Å²) in [7, 11) is 0. The molecule has 0 radical (unpaired) electrons. The Morgan fingerprint density at radius 2 is 1.86 bits per heavy atom. The van der Waals surface area contributed by atoms with E-state index in [4.69, 9.17) is 9.47 Å². The van der Waals surface area contributed by atoms with E-state index >= 15 is 0 Å². The average Bonchev–Trinajstić information content (AvgIpc) is 3.46. The number of epoxide rings is 1. The number of carbonyl (C=O) groups excluding carboxylic acids is 3. The lowest BCUT2D eigenvalue weighted by Gasteiger charge is -2.49. The fourth-order valence-corrected chi connectivity index (χ4v) is 7.33. The zero-order valence-electron chi connectivity index (χ0n) is 22.1. The molecule has 2 aliphatic carbocycles. The molecule has 0 bridgehead atoms. The van der Waals surface area contributed by atoms with Crippen molar-refractivity contribution in [3.05, 3.63) is 60.2 Å². The Balaban J connectivity index is 1.70. The van der Waals surface area contributed by atoms with Crippen molar-refractivity contribution in [1.82, 2.24) is 5.32 Å². The number of amides is 1. The van der Waals surface area contributed by atoms with Crippen molar-refractivity contribution in [2.24, 2.45) is 29.1 Å². The quantitative estimate of drug-likeness (QED) is 0.370. The molecule has 198 valence electrons. The number of nitrogens with one attached hydrogen (secondary N) is 1. The average molecular weight is 508 g/mol. The van der Waals surface area contributed by atoms with E-state index in [-0.39, 0.29) is 41.6 Å². The van der Waals surface area contributed by atoms with Crippen LogP contribution in [0, 0.1) is 29.1 Å². The van der Waals surface area contributed by atoms with Crippen LogP contribution in [0.5, 0.6) is 0 Å². The van der Waals surface area contributed by atoms with Crippen LogP contribution in [-0.4, -0.2) is 52.2 Å². The second-order valence-electron chi connectivity index (χ2n) is 11.7. The number of esters is 1. The summed E-state index contributed by atoms with van der Waals surface area (Å²) in [5.41, 5.74) is -2.24. The Bertz CT molecular complexity index is 1160. The van der Waals surface area contributed by atoms with Gasteiger partial charge in [-0.05, 0) is 50.3 Å². The van der Waals surface area contributed by atoms with Gasteiger partial charge >= 0.3 is 5.97 Å². The third kappa shape index (κ3) is 3.98. The highest BCUT2D eigenvalue weighted by molar-refractivity contribution is 5.91. The first-order valence-corrected chi connectivity index (χ1v) is 13.3. The second kappa shape index (κ2) is 8.91. The van der Waals surface area contributed by atoms with Crippen molar-refractivity contribution < 1.29 is 29.0 Å². The summed E-state index contributed by atoms with van der Waals surface area (Å²) < 4.78 is 12.3. The van der Waals surface area contributed by atoms with E-state index in [1.807, 2.05) is 42.5 Å². The van der Waals surface area contributed by atoms with Crippen molar-refractivity contribution in [1.29, 1.82) is 0 Å². The molecule has 0 unspecified atom stereocenters. The molecule has 10 atom stereocenters. The second-order valence-corrected chi connectivity index (χ2v) is 11.7. The molecule has 1 spiro atoms. The van der Waals surface area contributed by atoms with Crippen LogP contribution in [-0.2, 0) is 30.3 Å². The number of aliphatic hydroxyl groups is 1. The highest BCUT2D eigenvalue weighted by Crippen LogP contribution is 2.67. The summed E-state index contributed by atoms with van der Waals surface area (Å²) in [4.78, 5) is 39.7. The number of carbonyl (C=O) groups is 3. The summed E-state index contributed by atoms with van der Waals surface area (Å²) in [5, 5.41) is 14.3. The highest BCUT2D eigenvalue weighted by Gasteiger charge is 2.78. The zero-order valence-corrected chi connectivity index (χ0v) is 22.1. The van der Waals surface area contributed by atoms with Gasteiger partial charge in [0.15, 0.2) is 5.78 Å². The normalized spacial score (nSPS) is 46.4. The smallest absolute Gasteiger partial charge is 0.303 e. The molecule has 37 heavy (non-hydrogen) atoms. The number of hydrogen-bond donors (Lipinski definition) is 2. The number of rotatable bonds is 3. The number of ether oxygens (including phenoxy) is 2. The van der Waals surface area contributed by atoms with Crippen molar-refractivity contribution in [3.63, 3.8) is 0 Å². The Kier molecular flexibility index (Phi) is 6.23. The van der Waals surface area contributed by atoms with E-state index in [1.54, 1.807) is 13.0 Å². The fourth-order valence-electron chi connectivity index (χ4n) is 7.33. The molecule has 3 fully saturated rings. The Morgan fingerprint density at radius 3 is 2.54 bits per heavy atom. The van der Waals surface area contributed by atoms with Gasteiger partial charge in [-0.1, -0.05) is 56.3 Å². The van der Waals surface area contributed by atoms with Gasteiger partial charge in [0.25, 0.3) is 0 Å². The number of benzene rings is 1. The first kappa shape index (κ1) is 25.9. The van der Waals surface area contributed by atoms with Crippen LogP contribution in [0.3, 0.4) is 0 Å². The minimum absolute atomic E-state index is 0.0209. The summed E-state index contributed by atoms with van der Waals surface area (Å²) in [6, 6.07) is 9.82. The molecule has 1 aromatic rings. The fraction of sp³-hybridized carbons (Fsp3) is 0.567. The molecule has 2 saturated heterocycles. The molecule has 4 aliphatic rings. The lowest BCUT2D eigenvalue weighted by molar-refractivity contribution is -0.162. The van der Waals surface area contributed by atoms with Crippen molar-refractivity contribution in [2.75, 3.05) is 0 Å². The molecular weight excluding hydrogens is 470 g/mol. The minimum atomic E-state index is -1.76. The summed E-state index contributed by atoms with van der Waals surface area (Å²) in [6.45, 7) is 8.76. The van der Waals surface area contributed by atoms with E-state index < -0.39 is 34.6 Å².